The number of fused-ring (bicyclic) bond motifs is 4. The van der Waals surface area contributed by atoms with Crippen LogP contribution in [0.5, 0.6) is 0 Å². The number of thiazole rings is 1. The average Bonchev–Trinajstić information content (AvgIpc) is 3.54. The first-order valence-electron chi connectivity index (χ1n) is 13.9. The molecule has 7 heteroatoms. The van der Waals surface area contributed by atoms with Gasteiger partial charge in [0.15, 0.2) is 0 Å². The SMILES string of the molecule is C[C@H]1[C@H]2CC[C@H]3[C@@H]4CC=C5C[C@@H](N(C)S(=O)[C@H](N)Cc6cscn6)CC[C@]5(C)C4CC[C@]23CN1C. The van der Waals surface area contributed by atoms with Crippen molar-refractivity contribution in [3.05, 3.63) is 28.2 Å². The highest BCUT2D eigenvalue weighted by molar-refractivity contribution is 7.83. The molecule has 1 aromatic heterocycles. The Labute approximate surface area is 218 Å². The van der Waals surface area contributed by atoms with Crippen LogP contribution in [-0.2, 0) is 17.4 Å². The van der Waals surface area contributed by atoms with Crippen molar-refractivity contribution in [3.63, 3.8) is 0 Å². The van der Waals surface area contributed by atoms with Gasteiger partial charge in [-0.15, -0.1) is 11.3 Å². The van der Waals surface area contributed by atoms with Gasteiger partial charge in [0.25, 0.3) is 0 Å². The number of aromatic nitrogens is 1. The van der Waals surface area contributed by atoms with E-state index in [0.717, 1.165) is 48.2 Å². The van der Waals surface area contributed by atoms with E-state index in [0.29, 0.717) is 23.3 Å². The van der Waals surface area contributed by atoms with Gasteiger partial charge in [0, 0.05) is 37.5 Å². The molecule has 35 heavy (non-hydrogen) atoms. The summed E-state index contributed by atoms with van der Waals surface area (Å²) in [5, 5.41) is 1.62. The van der Waals surface area contributed by atoms with Crippen LogP contribution in [0.2, 0.25) is 0 Å². The van der Waals surface area contributed by atoms with Crippen molar-refractivity contribution in [1.82, 2.24) is 14.2 Å². The molecule has 0 aromatic carbocycles. The lowest BCUT2D eigenvalue weighted by molar-refractivity contribution is -0.0418. The molecule has 10 atom stereocenters. The molecule has 194 valence electrons. The summed E-state index contributed by atoms with van der Waals surface area (Å²) in [5.74, 6) is 3.55. The van der Waals surface area contributed by atoms with Crippen LogP contribution >= 0.6 is 11.3 Å². The summed E-state index contributed by atoms with van der Waals surface area (Å²) < 4.78 is 15.4. The van der Waals surface area contributed by atoms with Gasteiger partial charge in [0.1, 0.15) is 16.4 Å². The first-order chi connectivity index (χ1) is 16.7. The Morgan fingerprint density at radius 1 is 1.26 bits per heavy atom. The molecule has 2 unspecified atom stereocenters. The minimum atomic E-state index is -1.20. The number of nitrogens with two attached hydrogens (primary N) is 1. The summed E-state index contributed by atoms with van der Waals surface area (Å²) in [5.41, 5.74) is 11.7. The maximum Gasteiger partial charge on any atom is 0.112 e. The Bertz CT molecular complexity index is 997. The minimum Gasteiger partial charge on any atom is -0.316 e. The number of likely N-dealkylation sites (tertiary alicyclic amines) is 1. The predicted octanol–water partition coefficient (Wildman–Crippen LogP) is 4.83. The number of allylic oxidation sites excluding steroid dienone is 1. The molecule has 1 spiro atoms. The van der Waals surface area contributed by atoms with Crippen LogP contribution in [-0.4, -0.2) is 56.5 Å². The topological polar surface area (TPSA) is 62.5 Å². The van der Waals surface area contributed by atoms with E-state index in [1.807, 2.05) is 17.9 Å². The molecule has 2 heterocycles. The predicted molar refractivity (Wildman–Crippen MR) is 145 cm³/mol. The highest BCUT2D eigenvalue weighted by Crippen LogP contribution is 2.68. The fourth-order valence-corrected chi connectivity index (χ4v) is 11.5. The summed E-state index contributed by atoms with van der Waals surface area (Å²) in [6.45, 7) is 6.41. The summed E-state index contributed by atoms with van der Waals surface area (Å²) >= 11 is 1.57. The Morgan fingerprint density at radius 2 is 2.06 bits per heavy atom. The molecule has 4 aliphatic carbocycles. The number of rotatable bonds is 5. The Balaban J connectivity index is 1.17. The molecular weight excluding hydrogens is 472 g/mol. The lowest BCUT2D eigenvalue weighted by Crippen LogP contribution is -2.53. The van der Waals surface area contributed by atoms with E-state index in [4.69, 9.17) is 5.73 Å². The first-order valence-corrected chi connectivity index (χ1v) is 16.0. The van der Waals surface area contributed by atoms with Gasteiger partial charge < -0.3 is 10.6 Å². The van der Waals surface area contributed by atoms with E-state index in [-0.39, 0.29) is 0 Å². The van der Waals surface area contributed by atoms with Crippen LogP contribution in [0.15, 0.2) is 22.5 Å². The van der Waals surface area contributed by atoms with Crippen LogP contribution in [0.4, 0.5) is 0 Å². The average molecular weight is 517 g/mol. The molecule has 0 radical (unpaired) electrons. The highest BCUT2D eigenvalue weighted by Gasteiger charge is 2.64. The van der Waals surface area contributed by atoms with E-state index in [9.17, 15) is 4.21 Å². The second-order valence-electron chi connectivity index (χ2n) is 12.8. The Morgan fingerprint density at radius 3 is 2.83 bits per heavy atom. The summed E-state index contributed by atoms with van der Waals surface area (Å²) in [4.78, 5) is 7.01. The number of hydrogen-bond donors (Lipinski definition) is 1. The molecular formula is C28H44N4OS2. The number of nitrogens with zero attached hydrogens (tertiary/aromatic N) is 3. The van der Waals surface area contributed by atoms with E-state index in [2.05, 4.69) is 41.2 Å². The highest BCUT2D eigenvalue weighted by atomic mass is 32.2. The van der Waals surface area contributed by atoms with Crippen LogP contribution in [0.1, 0.15) is 70.9 Å². The van der Waals surface area contributed by atoms with Crippen molar-refractivity contribution in [2.45, 2.75) is 89.1 Å². The quantitative estimate of drug-likeness (QED) is 0.570. The zero-order chi connectivity index (χ0) is 24.5. The molecule has 1 saturated heterocycles. The summed E-state index contributed by atoms with van der Waals surface area (Å²) in [6, 6.07) is 1.08. The molecule has 1 aromatic rings. The first kappa shape index (κ1) is 24.7. The van der Waals surface area contributed by atoms with Crippen molar-refractivity contribution >= 4 is 22.3 Å². The van der Waals surface area contributed by atoms with E-state index in [1.54, 1.807) is 16.9 Å². The molecule has 0 bridgehead atoms. The van der Waals surface area contributed by atoms with E-state index in [1.165, 1.54) is 45.1 Å². The fourth-order valence-electron chi connectivity index (χ4n) is 9.73. The normalized spacial score (nSPS) is 44.8. The largest absolute Gasteiger partial charge is 0.316 e. The standard InChI is InChI=1S/C28H44N4OS2/c1-18-23-7-8-25-22-6-5-19-13-21(32(4)35(33)26(29)14-20-15-34-17-30-20)9-11-27(19,2)24(22)10-12-28(23,25)16-31(18)3/h5,15,17-18,21-26H,6-14,16,29H2,1-4H3/t18-,21-,22+,23+,24?,25-,26-,27-,28-,35?/m0/s1. The van der Waals surface area contributed by atoms with Gasteiger partial charge >= 0.3 is 0 Å². The molecule has 0 amide bonds. The van der Waals surface area contributed by atoms with Crippen LogP contribution in [0, 0.1) is 34.5 Å². The maximum absolute atomic E-state index is 13.3. The molecule has 3 saturated carbocycles. The van der Waals surface area contributed by atoms with E-state index >= 15 is 0 Å². The third-order valence-corrected chi connectivity index (χ3v) is 13.8. The number of hydrogen-bond acceptors (Lipinski definition) is 5. The van der Waals surface area contributed by atoms with Gasteiger partial charge in [0.2, 0.25) is 0 Å². The zero-order valence-corrected chi connectivity index (χ0v) is 23.6. The van der Waals surface area contributed by atoms with Crippen LogP contribution in [0.3, 0.4) is 0 Å². The minimum absolute atomic E-state index is 0.323. The molecule has 5 nitrogen and oxygen atoms in total. The molecule has 4 fully saturated rings. The summed E-state index contributed by atoms with van der Waals surface area (Å²) in [6.07, 6.45) is 13.7. The van der Waals surface area contributed by atoms with Gasteiger partial charge in [-0.25, -0.2) is 13.5 Å². The lowest BCUT2D eigenvalue weighted by Gasteiger charge is -2.58. The fraction of sp³-hybridized carbons (Fsp3) is 0.821. The van der Waals surface area contributed by atoms with Gasteiger partial charge in [-0.1, -0.05) is 18.6 Å². The molecule has 6 rings (SSSR count). The molecule has 2 N–H and O–H groups in total. The third-order valence-electron chi connectivity index (χ3n) is 11.6. The maximum atomic E-state index is 13.3. The third kappa shape index (κ3) is 3.77. The summed E-state index contributed by atoms with van der Waals surface area (Å²) in [7, 11) is 3.20. The lowest BCUT2D eigenvalue weighted by atomic mass is 9.47. The van der Waals surface area contributed by atoms with E-state index < -0.39 is 16.4 Å². The van der Waals surface area contributed by atoms with Crippen molar-refractivity contribution in [3.8, 4) is 0 Å². The van der Waals surface area contributed by atoms with Gasteiger partial charge in [-0.2, -0.15) is 0 Å². The van der Waals surface area contributed by atoms with Crippen molar-refractivity contribution < 1.29 is 4.21 Å². The second-order valence-corrected chi connectivity index (χ2v) is 15.3. The smallest absolute Gasteiger partial charge is 0.112 e. The molecule has 5 aliphatic rings. The zero-order valence-electron chi connectivity index (χ0n) is 22.0. The molecule has 1 aliphatic heterocycles. The Hall–Kier alpha value is -0.600. The van der Waals surface area contributed by atoms with Crippen LogP contribution in [0.25, 0.3) is 0 Å². The van der Waals surface area contributed by atoms with Crippen molar-refractivity contribution in [2.24, 2.45) is 40.2 Å². The van der Waals surface area contributed by atoms with Gasteiger partial charge in [0.05, 0.1) is 11.2 Å². The Kier molecular flexibility index (Phi) is 6.36. The van der Waals surface area contributed by atoms with Gasteiger partial charge in [-0.05, 0) is 99.8 Å². The van der Waals surface area contributed by atoms with Crippen molar-refractivity contribution in [1.29, 1.82) is 0 Å². The van der Waals surface area contributed by atoms with Gasteiger partial charge in [-0.3, -0.25) is 0 Å². The second kappa shape index (κ2) is 9.00. The van der Waals surface area contributed by atoms with Crippen molar-refractivity contribution in [2.75, 3.05) is 20.6 Å². The van der Waals surface area contributed by atoms with Crippen LogP contribution < -0.4 is 5.73 Å². The monoisotopic (exact) mass is 516 g/mol.